The average molecular weight is 511 g/mol. The number of hydrogen-bond donors (Lipinski definition) is 1. The molecule has 2 heterocycles. The van der Waals surface area contributed by atoms with Crippen molar-refractivity contribution in [3.05, 3.63) is 29.3 Å². The molecule has 1 amide bonds. The van der Waals surface area contributed by atoms with Crippen molar-refractivity contribution in [2.45, 2.75) is 76.6 Å². The van der Waals surface area contributed by atoms with E-state index in [0.717, 1.165) is 81.6 Å². The van der Waals surface area contributed by atoms with Crippen molar-refractivity contribution in [2.24, 2.45) is 0 Å². The van der Waals surface area contributed by atoms with Crippen LogP contribution in [-0.2, 0) is 11.0 Å². The molecule has 0 saturated carbocycles. The number of aliphatic hydroxyl groups is 1. The molecular formula is C25H33F3N4O2S. The molecule has 2 aliphatic heterocycles. The van der Waals surface area contributed by atoms with E-state index in [1.807, 2.05) is 0 Å². The van der Waals surface area contributed by atoms with Crippen molar-refractivity contribution < 1.29 is 23.1 Å². The van der Waals surface area contributed by atoms with Gasteiger partial charge in [0.2, 0.25) is 0 Å². The van der Waals surface area contributed by atoms with E-state index >= 15 is 0 Å². The lowest BCUT2D eigenvalue weighted by molar-refractivity contribution is -0.137. The van der Waals surface area contributed by atoms with Gasteiger partial charge in [-0.15, -0.1) is 0 Å². The van der Waals surface area contributed by atoms with Crippen molar-refractivity contribution in [3.8, 4) is 6.07 Å². The number of amides is 1. The summed E-state index contributed by atoms with van der Waals surface area (Å²) in [6, 6.07) is 4.79. The minimum absolute atomic E-state index is 0.0208. The van der Waals surface area contributed by atoms with Gasteiger partial charge in [0.05, 0.1) is 29.0 Å². The standard InChI is InChI=1S/C25H33F3N4O2S/c1-24(2)22(34)32(19-10-9-18(16-29)21(15-19)25(26,27)28)23(35)31(24)13-8-6-4-3-5-7-12-30-14-11-20(33)17-30/h9-10,15,20,33H,3-8,11-14,17H2,1-2H3/t20-/m0/s1. The third kappa shape index (κ3) is 6.32. The summed E-state index contributed by atoms with van der Waals surface area (Å²) in [6.07, 6.45) is 2.19. The molecule has 3 rings (SSSR count). The molecule has 1 aromatic rings. The van der Waals surface area contributed by atoms with E-state index in [-0.39, 0.29) is 22.8 Å². The zero-order chi connectivity index (χ0) is 25.8. The minimum atomic E-state index is -4.71. The Labute approximate surface area is 210 Å². The highest BCUT2D eigenvalue weighted by Gasteiger charge is 2.49. The van der Waals surface area contributed by atoms with Crippen LogP contribution in [0.5, 0.6) is 0 Å². The molecule has 0 radical (unpaired) electrons. The number of hydrogen-bond acceptors (Lipinski definition) is 5. The normalized spacial score (nSPS) is 20.7. The highest BCUT2D eigenvalue weighted by molar-refractivity contribution is 7.80. The van der Waals surface area contributed by atoms with Crippen molar-refractivity contribution in [1.82, 2.24) is 9.80 Å². The maximum absolute atomic E-state index is 13.4. The van der Waals surface area contributed by atoms with Gasteiger partial charge in [0, 0.05) is 19.6 Å². The Morgan fingerprint density at radius 3 is 2.34 bits per heavy atom. The fraction of sp³-hybridized carbons (Fsp3) is 0.640. The molecule has 0 aromatic heterocycles. The first-order valence-corrected chi connectivity index (χ1v) is 12.6. The number of carbonyl (C=O) groups is 1. The Bertz CT molecular complexity index is 976. The van der Waals surface area contributed by atoms with Gasteiger partial charge in [-0.2, -0.15) is 18.4 Å². The predicted molar refractivity (Wildman–Crippen MR) is 132 cm³/mol. The summed E-state index contributed by atoms with van der Waals surface area (Å²) in [5.74, 6) is -0.382. The van der Waals surface area contributed by atoms with E-state index < -0.39 is 22.8 Å². The van der Waals surface area contributed by atoms with Crippen LogP contribution in [-0.4, -0.2) is 63.7 Å². The summed E-state index contributed by atoms with van der Waals surface area (Å²) in [5, 5.41) is 18.8. The number of halogens is 3. The average Bonchev–Trinajstić information content (AvgIpc) is 3.28. The van der Waals surface area contributed by atoms with Crippen molar-refractivity contribution >= 4 is 28.9 Å². The molecule has 2 fully saturated rings. The highest BCUT2D eigenvalue weighted by Crippen LogP contribution is 2.38. The van der Waals surface area contributed by atoms with E-state index in [2.05, 4.69) is 4.90 Å². The number of alkyl halides is 3. The van der Waals surface area contributed by atoms with Gasteiger partial charge < -0.3 is 14.9 Å². The molecule has 0 aliphatic carbocycles. The summed E-state index contributed by atoms with van der Waals surface area (Å²) in [7, 11) is 0. The number of rotatable bonds is 10. The summed E-state index contributed by atoms with van der Waals surface area (Å²) >= 11 is 5.53. The van der Waals surface area contributed by atoms with Crippen LogP contribution in [0.3, 0.4) is 0 Å². The molecule has 1 aromatic carbocycles. The third-order valence-corrected chi connectivity index (χ3v) is 7.27. The third-order valence-electron chi connectivity index (χ3n) is 6.86. The largest absolute Gasteiger partial charge is 0.417 e. The molecule has 0 unspecified atom stereocenters. The van der Waals surface area contributed by atoms with Crippen LogP contribution in [0, 0.1) is 11.3 Å². The predicted octanol–water partition coefficient (Wildman–Crippen LogP) is 4.70. The van der Waals surface area contributed by atoms with Gasteiger partial charge in [0.25, 0.3) is 5.91 Å². The fourth-order valence-corrected chi connectivity index (χ4v) is 5.28. The van der Waals surface area contributed by atoms with Crippen LogP contribution in [0.1, 0.15) is 69.9 Å². The smallest absolute Gasteiger partial charge is 0.392 e. The second-order valence-electron chi connectivity index (χ2n) is 9.84. The number of aliphatic hydroxyl groups excluding tert-OH is 1. The second-order valence-corrected chi connectivity index (χ2v) is 10.2. The first kappa shape index (κ1) is 27.4. The van der Waals surface area contributed by atoms with Crippen LogP contribution in [0.2, 0.25) is 0 Å². The Hall–Kier alpha value is -2.22. The number of nitrogens with zero attached hydrogens (tertiary/aromatic N) is 4. The van der Waals surface area contributed by atoms with Gasteiger partial charge in [0.15, 0.2) is 5.11 Å². The monoisotopic (exact) mass is 510 g/mol. The van der Waals surface area contributed by atoms with Gasteiger partial charge in [0.1, 0.15) is 5.54 Å². The first-order chi connectivity index (χ1) is 16.5. The Balaban J connectivity index is 1.52. The Kier molecular flexibility index (Phi) is 8.78. The van der Waals surface area contributed by atoms with Crippen LogP contribution >= 0.6 is 12.2 Å². The van der Waals surface area contributed by atoms with E-state index in [9.17, 15) is 23.1 Å². The number of likely N-dealkylation sites (tertiary alicyclic amines) is 1. The lowest BCUT2D eigenvalue weighted by Gasteiger charge is -2.29. The summed E-state index contributed by atoms with van der Waals surface area (Å²) < 4.78 is 40.3. The molecule has 35 heavy (non-hydrogen) atoms. The lowest BCUT2D eigenvalue weighted by atomic mass is 10.0. The number of anilines is 1. The van der Waals surface area contributed by atoms with E-state index in [1.165, 1.54) is 6.07 Å². The number of thiocarbonyl (C=S) groups is 1. The topological polar surface area (TPSA) is 70.8 Å². The molecule has 1 N–H and O–H groups in total. The summed E-state index contributed by atoms with van der Waals surface area (Å²) in [4.78, 5) is 18.4. The van der Waals surface area contributed by atoms with Gasteiger partial charge >= 0.3 is 6.18 Å². The molecule has 2 saturated heterocycles. The lowest BCUT2D eigenvalue weighted by Crippen LogP contribution is -2.44. The molecule has 6 nitrogen and oxygen atoms in total. The van der Waals surface area contributed by atoms with Gasteiger partial charge in [-0.05, 0) is 70.1 Å². The first-order valence-electron chi connectivity index (χ1n) is 12.1. The van der Waals surface area contributed by atoms with Crippen molar-refractivity contribution in [2.75, 3.05) is 31.1 Å². The quantitative estimate of drug-likeness (QED) is 0.364. The number of benzene rings is 1. The van der Waals surface area contributed by atoms with Crippen LogP contribution in [0.15, 0.2) is 18.2 Å². The summed E-state index contributed by atoms with van der Waals surface area (Å²) in [5.41, 5.74) is -2.52. The SMILES string of the molecule is CC1(C)C(=O)N(c2ccc(C#N)c(C(F)(F)F)c2)C(=S)N1CCCCCCCCN1CC[C@H](O)C1. The molecule has 2 aliphatic rings. The van der Waals surface area contributed by atoms with E-state index in [1.54, 1.807) is 24.8 Å². The molecule has 0 spiro atoms. The molecular weight excluding hydrogens is 477 g/mol. The zero-order valence-electron chi connectivity index (χ0n) is 20.3. The fourth-order valence-electron chi connectivity index (χ4n) is 4.77. The number of β-amino-alcohol motifs (C(OH)–C–C–N with tert-alkyl or cyclic N) is 1. The van der Waals surface area contributed by atoms with Crippen molar-refractivity contribution in [3.63, 3.8) is 0 Å². The van der Waals surface area contributed by atoms with Crippen LogP contribution in [0.25, 0.3) is 0 Å². The maximum atomic E-state index is 13.4. The van der Waals surface area contributed by atoms with E-state index in [0.29, 0.717) is 6.54 Å². The molecule has 1 atom stereocenters. The van der Waals surface area contributed by atoms with Crippen molar-refractivity contribution in [1.29, 1.82) is 5.26 Å². The molecule has 192 valence electrons. The number of nitriles is 1. The maximum Gasteiger partial charge on any atom is 0.417 e. The molecule has 10 heteroatoms. The zero-order valence-corrected chi connectivity index (χ0v) is 21.1. The molecule has 0 bridgehead atoms. The second kappa shape index (κ2) is 11.2. The van der Waals surface area contributed by atoms with Gasteiger partial charge in [-0.25, -0.2) is 0 Å². The summed E-state index contributed by atoms with van der Waals surface area (Å²) in [6.45, 7) is 6.78. The van der Waals surface area contributed by atoms with Crippen LogP contribution in [0.4, 0.5) is 18.9 Å². The van der Waals surface area contributed by atoms with Gasteiger partial charge in [-0.1, -0.05) is 25.7 Å². The number of unbranched alkanes of at least 4 members (excludes halogenated alkanes) is 5. The van der Waals surface area contributed by atoms with Crippen LogP contribution < -0.4 is 4.90 Å². The van der Waals surface area contributed by atoms with E-state index in [4.69, 9.17) is 17.5 Å². The number of carbonyl (C=O) groups excluding carboxylic acids is 1. The van der Waals surface area contributed by atoms with Gasteiger partial charge in [-0.3, -0.25) is 9.69 Å². The Morgan fingerprint density at radius 2 is 1.77 bits per heavy atom. The highest BCUT2D eigenvalue weighted by atomic mass is 32.1. The minimum Gasteiger partial charge on any atom is -0.392 e. The Morgan fingerprint density at radius 1 is 1.14 bits per heavy atom.